The minimum atomic E-state index is -4.81. The maximum atomic E-state index is 12.4. The number of halogens is 3. The van der Waals surface area contributed by atoms with Crippen LogP contribution in [0.1, 0.15) is 39.2 Å². The van der Waals surface area contributed by atoms with Crippen LogP contribution in [-0.4, -0.2) is 29.9 Å². The largest absolute Gasteiger partial charge is 0.573 e. The Morgan fingerprint density at radius 2 is 1.96 bits per heavy atom. The first-order valence-corrected chi connectivity index (χ1v) is 7.69. The van der Waals surface area contributed by atoms with E-state index in [1.54, 1.807) is 13.0 Å². The van der Waals surface area contributed by atoms with E-state index in [0.29, 0.717) is 6.42 Å². The fourth-order valence-corrected chi connectivity index (χ4v) is 2.32. The number of carbonyl (C=O) groups excluding carboxylic acids is 1. The maximum absolute atomic E-state index is 12.4. The molecule has 0 fully saturated rings. The van der Waals surface area contributed by atoms with Crippen molar-refractivity contribution in [3.63, 3.8) is 0 Å². The first-order valence-electron chi connectivity index (χ1n) is 7.69. The van der Waals surface area contributed by atoms with Crippen LogP contribution in [0.3, 0.4) is 0 Å². The van der Waals surface area contributed by atoms with E-state index >= 15 is 0 Å². The molecule has 2 N–H and O–H groups in total. The number of nitrogens with one attached hydrogen (secondary N) is 1. The Balaban J connectivity index is 2.00. The van der Waals surface area contributed by atoms with Crippen LogP contribution < -0.4 is 10.1 Å². The first-order chi connectivity index (χ1) is 12.2. The van der Waals surface area contributed by atoms with Crippen LogP contribution in [0.5, 0.6) is 5.75 Å². The number of furan rings is 1. The second kappa shape index (κ2) is 7.94. The third kappa shape index (κ3) is 5.01. The van der Waals surface area contributed by atoms with Crippen LogP contribution in [0.2, 0.25) is 0 Å². The molecule has 6 nitrogen and oxygen atoms in total. The lowest BCUT2D eigenvalue weighted by molar-refractivity contribution is -0.274. The zero-order chi connectivity index (χ0) is 19.3. The number of hydrogen-bond donors (Lipinski definition) is 2. The minimum Gasteiger partial charge on any atom is -0.478 e. The highest BCUT2D eigenvalue weighted by molar-refractivity contribution is 5.96. The highest BCUT2D eigenvalue weighted by atomic mass is 19.4. The summed E-state index contributed by atoms with van der Waals surface area (Å²) in [7, 11) is 0. The topological polar surface area (TPSA) is 88.8 Å². The summed E-state index contributed by atoms with van der Waals surface area (Å²) in [6, 6.07) is 6.73. The second-order valence-corrected chi connectivity index (χ2v) is 5.27. The van der Waals surface area contributed by atoms with Gasteiger partial charge in [0.1, 0.15) is 17.1 Å². The number of carboxylic acids is 1. The number of aryl methyl sites for hydroxylation is 1. The monoisotopic (exact) mass is 371 g/mol. The van der Waals surface area contributed by atoms with Gasteiger partial charge in [-0.05, 0) is 18.1 Å². The maximum Gasteiger partial charge on any atom is 0.573 e. The Kier molecular flexibility index (Phi) is 5.91. The fraction of sp³-hybridized carbons (Fsp3) is 0.294. The molecule has 0 saturated heterocycles. The fourth-order valence-electron chi connectivity index (χ4n) is 2.32. The van der Waals surface area contributed by atoms with Gasteiger partial charge in [-0.2, -0.15) is 0 Å². The van der Waals surface area contributed by atoms with Gasteiger partial charge in [-0.25, -0.2) is 4.79 Å². The number of carboxylic acid groups (broad SMARTS) is 1. The van der Waals surface area contributed by atoms with E-state index in [1.807, 2.05) is 0 Å². The van der Waals surface area contributed by atoms with Gasteiger partial charge in [0.15, 0.2) is 5.76 Å². The van der Waals surface area contributed by atoms with Gasteiger partial charge in [0.2, 0.25) is 0 Å². The average Bonchev–Trinajstić information content (AvgIpc) is 2.99. The standard InChI is InChI=1S/C17H16F3NO5/c1-2-12-11(16(23)24)9-14(25-12)15(22)21-8-7-10-5-3-4-6-13(10)26-17(18,19)20/h3-6,9H,2,7-8H2,1H3,(H,21,22)(H,23,24). The summed E-state index contributed by atoms with van der Waals surface area (Å²) < 4.78 is 46.3. The quantitative estimate of drug-likeness (QED) is 0.779. The molecule has 0 radical (unpaired) electrons. The van der Waals surface area contributed by atoms with Crippen molar-refractivity contribution < 1.29 is 37.0 Å². The molecule has 0 unspecified atom stereocenters. The summed E-state index contributed by atoms with van der Waals surface area (Å²) in [4.78, 5) is 23.1. The Morgan fingerprint density at radius 1 is 1.27 bits per heavy atom. The molecule has 26 heavy (non-hydrogen) atoms. The lowest BCUT2D eigenvalue weighted by Gasteiger charge is -2.13. The summed E-state index contributed by atoms with van der Waals surface area (Å²) in [5.74, 6) is -2.19. The molecule has 0 aliphatic rings. The van der Waals surface area contributed by atoms with Crippen LogP contribution in [0.15, 0.2) is 34.7 Å². The van der Waals surface area contributed by atoms with Crippen molar-refractivity contribution in [2.75, 3.05) is 6.54 Å². The molecule has 0 atom stereocenters. The van der Waals surface area contributed by atoms with Gasteiger partial charge < -0.3 is 19.6 Å². The van der Waals surface area contributed by atoms with Crippen molar-refractivity contribution in [2.45, 2.75) is 26.1 Å². The van der Waals surface area contributed by atoms with E-state index in [2.05, 4.69) is 10.1 Å². The van der Waals surface area contributed by atoms with Crippen LogP contribution in [-0.2, 0) is 12.8 Å². The number of ether oxygens (including phenoxy) is 1. The van der Waals surface area contributed by atoms with E-state index < -0.39 is 18.2 Å². The van der Waals surface area contributed by atoms with Gasteiger partial charge in [-0.3, -0.25) is 4.79 Å². The molecule has 0 aliphatic carbocycles. The molecule has 1 heterocycles. The van der Waals surface area contributed by atoms with Crippen molar-refractivity contribution >= 4 is 11.9 Å². The Bertz CT molecular complexity index is 798. The number of hydrogen-bond acceptors (Lipinski definition) is 4. The number of rotatable bonds is 7. The predicted octanol–water partition coefficient (Wildman–Crippen LogP) is 3.41. The van der Waals surface area contributed by atoms with Crippen LogP contribution in [0.25, 0.3) is 0 Å². The highest BCUT2D eigenvalue weighted by Gasteiger charge is 2.31. The smallest absolute Gasteiger partial charge is 0.478 e. The summed E-state index contributed by atoms with van der Waals surface area (Å²) in [5, 5.41) is 11.5. The zero-order valence-electron chi connectivity index (χ0n) is 13.7. The molecule has 0 saturated carbocycles. The molecule has 0 bridgehead atoms. The number of alkyl halides is 3. The number of amides is 1. The SMILES string of the molecule is CCc1oc(C(=O)NCCc2ccccc2OC(F)(F)F)cc1C(=O)O. The van der Waals surface area contributed by atoms with Crippen molar-refractivity contribution in [3.8, 4) is 5.75 Å². The molecular formula is C17H16F3NO5. The third-order valence-corrected chi connectivity index (χ3v) is 3.46. The molecule has 2 rings (SSSR count). The van der Waals surface area contributed by atoms with E-state index in [-0.39, 0.29) is 41.4 Å². The Morgan fingerprint density at radius 3 is 2.54 bits per heavy atom. The first kappa shape index (κ1) is 19.4. The summed E-state index contributed by atoms with van der Waals surface area (Å²) in [6.07, 6.45) is -4.42. The molecular weight excluding hydrogens is 355 g/mol. The zero-order valence-corrected chi connectivity index (χ0v) is 13.7. The molecule has 0 aliphatic heterocycles. The summed E-state index contributed by atoms with van der Waals surface area (Å²) in [5.41, 5.74) is 0.173. The lowest BCUT2D eigenvalue weighted by Crippen LogP contribution is -2.26. The molecule has 1 aromatic carbocycles. The minimum absolute atomic E-state index is 0.0155. The second-order valence-electron chi connectivity index (χ2n) is 5.27. The van der Waals surface area contributed by atoms with E-state index in [1.165, 1.54) is 18.2 Å². The van der Waals surface area contributed by atoms with Gasteiger partial charge >= 0.3 is 12.3 Å². The van der Waals surface area contributed by atoms with Gasteiger partial charge in [-0.15, -0.1) is 13.2 Å². The van der Waals surface area contributed by atoms with E-state index in [0.717, 1.165) is 6.07 Å². The number of para-hydroxylation sites is 1. The van der Waals surface area contributed by atoms with Gasteiger partial charge in [0, 0.05) is 19.0 Å². The molecule has 0 spiro atoms. The van der Waals surface area contributed by atoms with Crippen LogP contribution >= 0.6 is 0 Å². The number of benzene rings is 1. The van der Waals surface area contributed by atoms with Crippen LogP contribution in [0.4, 0.5) is 13.2 Å². The van der Waals surface area contributed by atoms with Gasteiger partial charge in [-0.1, -0.05) is 25.1 Å². The predicted molar refractivity (Wildman–Crippen MR) is 84.2 cm³/mol. The number of aromatic carboxylic acids is 1. The molecule has 140 valence electrons. The highest BCUT2D eigenvalue weighted by Crippen LogP contribution is 2.26. The molecule has 1 amide bonds. The van der Waals surface area contributed by atoms with E-state index in [9.17, 15) is 22.8 Å². The normalized spacial score (nSPS) is 11.2. The van der Waals surface area contributed by atoms with Crippen molar-refractivity contribution in [1.82, 2.24) is 5.32 Å². The summed E-state index contributed by atoms with van der Waals surface area (Å²) in [6.45, 7) is 1.70. The third-order valence-electron chi connectivity index (χ3n) is 3.46. The Hall–Kier alpha value is -2.97. The van der Waals surface area contributed by atoms with Gasteiger partial charge in [0.25, 0.3) is 5.91 Å². The van der Waals surface area contributed by atoms with Crippen molar-refractivity contribution in [1.29, 1.82) is 0 Å². The van der Waals surface area contributed by atoms with Crippen LogP contribution in [0, 0.1) is 0 Å². The average molecular weight is 371 g/mol. The number of carbonyl (C=O) groups is 2. The van der Waals surface area contributed by atoms with Gasteiger partial charge in [0.05, 0.1) is 0 Å². The Labute approximate surface area is 146 Å². The van der Waals surface area contributed by atoms with Crippen molar-refractivity contribution in [2.24, 2.45) is 0 Å². The lowest BCUT2D eigenvalue weighted by atomic mass is 10.1. The molecule has 1 aromatic heterocycles. The summed E-state index contributed by atoms with van der Waals surface area (Å²) >= 11 is 0. The van der Waals surface area contributed by atoms with Crippen molar-refractivity contribution in [3.05, 3.63) is 53.0 Å². The molecule has 9 heteroatoms. The van der Waals surface area contributed by atoms with E-state index in [4.69, 9.17) is 9.52 Å². The molecule has 2 aromatic rings.